The summed E-state index contributed by atoms with van der Waals surface area (Å²) in [6, 6.07) is 4.48. The molecule has 2 N–H and O–H groups in total. The van der Waals surface area contributed by atoms with Gasteiger partial charge in [0.15, 0.2) is 11.5 Å². The lowest BCUT2D eigenvalue weighted by Crippen LogP contribution is -2.45. The summed E-state index contributed by atoms with van der Waals surface area (Å²) in [4.78, 5) is 1.98. The first kappa shape index (κ1) is 19.9. The van der Waals surface area contributed by atoms with Crippen molar-refractivity contribution < 1.29 is 23.0 Å². The molecule has 8 heteroatoms. The van der Waals surface area contributed by atoms with E-state index in [0.29, 0.717) is 18.7 Å². The molecule has 0 bridgehead atoms. The molecular weight excluding hydrogens is 333 g/mol. The van der Waals surface area contributed by atoms with Crippen LogP contribution >= 0.6 is 12.4 Å². The molecular formula is C15H22ClF3N2O2. The van der Waals surface area contributed by atoms with Gasteiger partial charge in [-0.3, -0.25) is 4.90 Å². The van der Waals surface area contributed by atoms with Crippen molar-refractivity contribution >= 4 is 12.4 Å². The van der Waals surface area contributed by atoms with Crippen molar-refractivity contribution in [3.8, 4) is 11.5 Å². The number of piperazine rings is 1. The van der Waals surface area contributed by atoms with Gasteiger partial charge in [-0.25, -0.2) is 0 Å². The lowest BCUT2D eigenvalue weighted by molar-refractivity contribution is -0.138. The molecule has 0 aliphatic carbocycles. The van der Waals surface area contributed by atoms with Crippen molar-refractivity contribution in [3.63, 3.8) is 0 Å². The standard InChI is InChI=1S/C15H21F3N2O2.ClH/c1-22-13-4-2-3-11(14(13)21)12(5-6-15(16,17)18)20-9-7-19-8-10-20;/h2-4,12,19,21H,5-10H2,1H3;1H/t12-;/m0./s1. The van der Waals surface area contributed by atoms with E-state index in [9.17, 15) is 18.3 Å². The molecule has 0 amide bonds. The number of alkyl halides is 3. The van der Waals surface area contributed by atoms with E-state index in [1.54, 1.807) is 18.2 Å². The largest absolute Gasteiger partial charge is 0.504 e. The first-order valence-corrected chi connectivity index (χ1v) is 7.30. The number of phenols is 1. The second kappa shape index (κ2) is 8.61. The number of nitrogens with one attached hydrogen (secondary N) is 1. The number of benzene rings is 1. The van der Waals surface area contributed by atoms with Gasteiger partial charge >= 0.3 is 6.18 Å². The van der Waals surface area contributed by atoms with Crippen molar-refractivity contribution in [1.82, 2.24) is 10.2 Å². The Morgan fingerprint density at radius 1 is 1.30 bits per heavy atom. The summed E-state index contributed by atoms with van der Waals surface area (Å²) in [5.41, 5.74) is 0.491. The molecule has 23 heavy (non-hydrogen) atoms. The number of ether oxygens (including phenoxy) is 1. The van der Waals surface area contributed by atoms with Crippen LogP contribution in [0.3, 0.4) is 0 Å². The van der Waals surface area contributed by atoms with E-state index >= 15 is 0 Å². The molecule has 0 spiro atoms. The van der Waals surface area contributed by atoms with Crippen molar-refractivity contribution in [2.45, 2.75) is 25.1 Å². The zero-order valence-electron chi connectivity index (χ0n) is 12.9. The maximum atomic E-state index is 12.6. The number of methoxy groups -OCH3 is 1. The minimum Gasteiger partial charge on any atom is -0.504 e. The van der Waals surface area contributed by atoms with Gasteiger partial charge in [-0.15, -0.1) is 12.4 Å². The molecule has 0 unspecified atom stereocenters. The Labute approximate surface area is 140 Å². The van der Waals surface area contributed by atoms with Gasteiger partial charge in [0.2, 0.25) is 0 Å². The van der Waals surface area contributed by atoms with Crippen LogP contribution in [0.4, 0.5) is 13.2 Å². The first-order chi connectivity index (χ1) is 10.4. The van der Waals surface area contributed by atoms with E-state index in [-0.39, 0.29) is 30.3 Å². The number of aromatic hydroxyl groups is 1. The van der Waals surface area contributed by atoms with Gasteiger partial charge in [0, 0.05) is 44.2 Å². The molecule has 1 aliphatic rings. The van der Waals surface area contributed by atoms with Crippen LogP contribution in [0.25, 0.3) is 0 Å². The number of hydrogen-bond donors (Lipinski definition) is 2. The number of rotatable bonds is 5. The zero-order valence-corrected chi connectivity index (χ0v) is 13.7. The molecule has 1 saturated heterocycles. The minimum atomic E-state index is -4.21. The van der Waals surface area contributed by atoms with E-state index in [1.165, 1.54) is 7.11 Å². The fourth-order valence-electron chi connectivity index (χ4n) is 2.80. The molecule has 1 aromatic carbocycles. The van der Waals surface area contributed by atoms with Crippen LogP contribution in [0.1, 0.15) is 24.4 Å². The fraction of sp³-hybridized carbons (Fsp3) is 0.600. The zero-order chi connectivity index (χ0) is 16.2. The van der Waals surface area contributed by atoms with E-state index < -0.39 is 18.6 Å². The molecule has 0 radical (unpaired) electrons. The molecule has 0 saturated carbocycles. The third-order valence-electron chi connectivity index (χ3n) is 3.90. The Hall–Kier alpha value is -1.18. The average molecular weight is 355 g/mol. The normalized spacial score (nSPS) is 17.4. The van der Waals surface area contributed by atoms with E-state index in [0.717, 1.165) is 13.1 Å². The summed E-state index contributed by atoms with van der Waals surface area (Å²) in [6.07, 6.45) is -5.16. The van der Waals surface area contributed by atoms with Crippen molar-refractivity contribution in [1.29, 1.82) is 0 Å². The van der Waals surface area contributed by atoms with Gasteiger partial charge in [-0.2, -0.15) is 13.2 Å². The van der Waals surface area contributed by atoms with Crippen LogP contribution < -0.4 is 10.1 Å². The van der Waals surface area contributed by atoms with Crippen LogP contribution in [-0.4, -0.2) is 49.5 Å². The predicted molar refractivity (Wildman–Crippen MR) is 84.4 cm³/mol. The van der Waals surface area contributed by atoms with Gasteiger partial charge < -0.3 is 15.2 Å². The molecule has 0 aromatic heterocycles. The molecule has 132 valence electrons. The maximum Gasteiger partial charge on any atom is 0.389 e. The Balaban J connectivity index is 0.00000264. The summed E-state index contributed by atoms with van der Waals surface area (Å²) < 4.78 is 42.9. The van der Waals surface area contributed by atoms with Crippen molar-refractivity contribution in [2.24, 2.45) is 0 Å². The first-order valence-electron chi connectivity index (χ1n) is 7.30. The van der Waals surface area contributed by atoms with E-state index in [1.807, 2.05) is 4.90 Å². The Morgan fingerprint density at radius 3 is 2.52 bits per heavy atom. The molecule has 2 rings (SSSR count). The van der Waals surface area contributed by atoms with Crippen molar-refractivity contribution in [3.05, 3.63) is 23.8 Å². The van der Waals surface area contributed by atoms with Gasteiger partial charge in [0.1, 0.15) is 0 Å². The summed E-state index contributed by atoms with van der Waals surface area (Å²) >= 11 is 0. The van der Waals surface area contributed by atoms with Gasteiger partial charge in [0.05, 0.1) is 7.11 Å². The summed E-state index contributed by atoms with van der Waals surface area (Å²) in [7, 11) is 1.42. The quantitative estimate of drug-likeness (QED) is 0.853. The molecule has 1 aliphatic heterocycles. The lowest BCUT2D eigenvalue weighted by Gasteiger charge is -2.35. The number of halogens is 4. The summed E-state index contributed by atoms with van der Waals surface area (Å²) in [5, 5.41) is 13.5. The molecule has 4 nitrogen and oxygen atoms in total. The average Bonchev–Trinajstić information content (AvgIpc) is 2.49. The third kappa shape index (κ3) is 5.44. The van der Waals surface area contributed by atoms with Gasteiger partial charge in [0.25, 0.3) is 0 Å². The highest BCUT2D eigenvalue weighted by Crippen LogP contribution is 2.39. The third-order valence-corrected chi connectivity index (χ3v) is 3.90. The van der Waals surface area contributed by atoms with E-state index in [4.69, 9.17) is 4.74 Å². The molecule has 1 atom stereocenters. The second-order valence-corrected chi connectivity index (χ2v) is 5.35. The number of nitrogens with zero attached hydrogens (tertiary/aromatic N) is 1. The highest BCUT2D eigenvalue weighted by atomic mass is 35.5. The Kier molecular flexibility index (Phi) is 7.44. The van der Waals surface area contributed by atoms with Gasteiger partial charge in [-0.1, -0.05) is 12.1 Å². The second-order valence-electron chi connectivity index (χ2n) is 5.35. The van der Waals surface area contributed by atoms with Crippen LogP contribution in [-0.2, 0) is 0 Å². The summed E-state index contributed by atoms with van der Waals surface area (Å²) in [5.74, 6) is 0.209. The smallest absolute Gasteiger partial charge is 0.389 e. The summed E-state index contributed by atoms with van der Waals surface area (Å²) in [6.45, 7) is 2.76. The monoisotopic (exact) mass is 354 g/mol. The van der Waals surface area contributed by atoms with Crippen LogP contribution in [0.15, 0.2) is 18.2 Å². The Bertz CT molecular complexity index is 494. The number of para-hydroxylation sites is 1. The molecule has 1 fully saturated rings. The minimum absolute atomic E-state index is 0. The van der Waals surface area contributed by atoms with Crippen LogP contribution in [0, 0.1) is 0 Å². The van der Waals surface area contributed by atoms with Crippen LogP contribution in [0.2, 0.25) is 0 Å². The van der Waals surface area contributed by atoms with Gasteiger partial charge in [-0.05, 0) is 12.5 Å². The Morgan fingerprint density at radius 2 is 1.96 bits per heavy atom. The number of hydrogen-bond acceptors (Lipinski definition) is 4. The van der Waals surface area contributed by atoms with Crippen molar-refractivity contribution in [2.75, 3.05) is 33.3 Å². The van der Waals surface area contributed by atoms with E-state index in [2.05, 4.69) is 5.32 Å². The predicted octanol–water partition coefficient (Wildman–Crippen LogP) is 3.11. The molecule has 1 heterocycles. The fourth-order valence-corrected chi connectivity index (χ4v) is 2.80. The highest BCUT2D eigenvalue weighted by Gasteiger charge is 2.32. The maximum absolute atomic E-state index is 12.6. The highest BCUT2D eigenvalue weighted by molar-refractivity contribution is 5.85. The SMILES string of the molecule is COc1cccc([C@H](CCC(F)(F)F)N2CCNCC2)c1O.Cl. The number of phenolic OH excluding ortho intramolecular Hbond substituents is 1. The van der Waals surface area contributed by atoms with Crippen LogP contribution in [0.5, 0.6) is 11.5 Å². The topological polar surface area (TPSA) is 44.7 Å². The molecule has 1 aromatic rings. The lowest BCUT2D eigenvalue weighted by atomic mass is 9.98.